The minimum absolute atomic E-state index is 0.151. The Labute approximate surface area is 152 Å². The van der Waals surface area contributed by atoms with Crippen LogP contribution in [-0.2, 0) is 10.4 Å². The van der Waals surface area contributed by atoms with E-state index in [-0.39, 0.29) is 18.0 Å². The van der Waals surface area contributed by atoms with E-state index in [9.17, 15) is 14.7 Å². The van der Waals surface area contributed by atoms with Crippen molar-refractivity contribution in [2.75, 3.05) is 24.7 Å². The van der Waals surface area contributed by atoms with Crippen LogP contribution in [-0.4, -0.2) is 41.5 Å². The quantitative estimate of drug-likeness (QED) is 0.835. The van der Waals surface area contributed by atoms with Crippen molar-refractivity contribution in [3.8, 4) is 0 Å². The van der Waals surface area contributed by atoms with Crippen LogP contribution < -0.4 is 4.90 Å². The van der Waals surface area contributed by atoms with Crippen LogP contribution in [0.2, 0.25) is 0 Å². The summed E-state index contributed by atoms with van der Waals surface area (Å²) in [5.41, 5.74) is -0.685. The van der Waals surface area contributed by atoms with Crippen molar-refractivity contribution in [1.29, 1.82) is 0 Å². The fourth-order valence-electron chi connectivity index (χ4n) is 3.88. The Hall–Kier alpha value is -2.44. The van der Waals surface area contributed by atoms with Crippen molar-refractivity contribution in [3.63, 3.8) is 0 Å². The molecular formula is C20H22N2O4. The Morgan fingerprint density at radius 3 is 2.62 bits per heavy atom. The van der Waals surface area contributed by atoms with Gasteiger partial charge < -0.3 is 9.52 Å². The Morgan fingerprint density at radius 2 is 1.88 bits per heavy atom. The Balaban J connectivity index is 1.63. The molecule has 1 saturated heterocycles. The molecule has 0 radical (unpaired) electrons. The summed E-state index contributed by atoms with van der Waals surface area (Å²) in [5.74, 6) is -0.678. The number of hydrogen-bond donors (Lipinski definition) is 1. The molecule has 1 unspecified atom stereocenters. The lowest BCUT2D eigenvalue weighted by atomic mass is 9.89. The number of para-hydroxylation sites is 1. The van der Waals surface area contributed by atoms with Gasteiger partial charge in [0.05, 0.1) is 25.0 Å². The third-order valence-electron chi connectivity index (χ3n) is 5.24. The summed E-state index contributed by atoms with van der Waals surface area (Å²) in [6.07, 6.45) is 4.52. The topological polar surface area (TPSA) is 74.0 Å². The van der Waals surface area contributed by atoms with Gasteiger partial charge in [-0.1, -0.05) is 24.6 Å². The van der Waals surface area contributed by atoms with E-state index >= 15 is 0 Å². The van der Waals surface area contributed by atoms with Gasteiger partial charge in [-0.25, -0.2) is 0 Å². The fraction of sp³-hybridized carbons (Fsp3) is 0.400. The van der Waals surface area contributed by atoms with Crippen molar-refractivity contribution in [3.05, 3.63) is 54.0 Å². The Kier molecular flexibility index (Phi) is 4.38. The molecule has 1 aromatic carbocycles. The second-order valence-corrected chi connectivity index (χ2v) is 7.01. The number of amides is 1. The van der Waals surface area contributed by atoms with E-state index in [4.69, 9.17) is 4.42 Å². The van der Waals surface area contributed by atoms with Gasteiger partial charge in [0.2, 0.25) is 5.78 Å². The van der Waals surface area contributed by atoms with E-state index in [0.29, 0.717) is 17.9 Å². The molecule has 0 aliphatic carbocycles. The van der Waals surface area contributed by atoms with E-state index < -0.39 is 11.5 Å². The summed E-state index contributed by atoms with van der Waals surface area (Å²) in [6.45, 7) is 2.32. The van der Waals surface area contributed by atoms with Gasteiger partial charge in [-0.05, 0) is 44.1 Å². The molecule has 26 heavy (non-hydrogen) atoms. The lowest BCUT2D eigenvalue weighted by molar-refractivity contribution is -0.136. The van der Waals surface area contributed by atoms with Gasteiger partial charge in [-0.2, -0.15) is 0 Å². The average molecular weight is 354 g/mol. The number of carbonyl (C=O) groups is 2. The van der Waals surface area contributed by atoms with Crippen LogP contribution in [0, 0.1) is 0 Å². The number of benzene rings is 1. The zero-order valence-electron chi connectivity index (χ0n) is 14.6. The first-order chi connectivity index (χ1) is 12.6. The highest BCUT2D eigenvalue weighted by molar-refractivity contribution is 6.10. The minimum Gasteiger partial charge on any atom is -0.461 e. The monoisotopic (exact) mass is 354 g/mol. The Morgan fingerprint density at radius 1 is 1.12 bits per heavy atom. The van der Waals surface area contributed by atoms with Gasteiger partial charge in [0, 0.05) is 5.56 Å². The highest BCUT2D eigenvalue weighted by Gasteiger charge is 2.51. The smallest absolute Gasteiger partial charge is 0.265 e. The minimum atomic E-state index is -1.85. The molecule has 2 aliphatic rings. The average Bonchev–Trinajstić information content (AvgIpc) is 3.26. The number of aliphatic hydroxyl groups is 1. The third kappa shape index (κ3) is 2.85. The molecule has 1 fully saturated rings. The normalized spacial score (nSPS) is 23.3. The van der Waals surface area contributed by atoms with Gasteiger partial charge in [-0.15, -0.1) is 0 Å². The van der Waals surface area contributed by atoms with Crippen LogP contribution in [0.4, 0.5) is 5.69 Å². The van der Waals surface area contributed by atoms with Crippen LogP contribution in [0.15, 0.2) is 47.1 Å². The molecule has 2 aromatic rings. The van der Waals surface area contributed by atoms with Crippen LogP contribution in [0.1, 0.15) is 41.8 Å². The zero-order valence-corrected chi connectivity index (χ0v) is 14.6. The van der Waals surface area contributed by atoms with Crippen LogP contribution >= 0.6 is 0 Å². The molecule has 1 amide bonds. The fourth-order valence-corrected chi connectivity index (χ4v) is 3.88. The van der Waals surface area contributed by atoms with Gasteiger partial charge in [0.25, 0.3) is 5.91 Å². The SMILES string of the molecule is O=C(CC1(O)C(=O)N(CN2CCCCC2)c2ccccc21)c1ccco1. The van der Waals surface area contributed by atoms with Crippen LogP contribution in [0.25, 0.3) is 0 Å². The summed E-state index contributed by atoms with van der Waals surface area (Å²) in [4.78, 5) is 29.4. The molecule has 1 atom stereocenters. The first-order valence-corrected chi connectivity index (χ1v) is 9.02. The molecular weight excluding hydrogens is 332 g/mol. The number of ketones is 1. The van der Waals surface area contributed by atoms with Gasteiger partial charge in [0.15, 0.2) is 11.4 Å². The molecule has 0 bridgehead atoms. The number of anilines is 1. The van der Waals surface area contributed by atoms with Gasteiger partial charge >= 0.3 is 0 Å². The van der Waals surface area contributed by atoms with E-state index in [1.54, 1.807) is 29.2 Å². The molecule has 0 saturated carbocycles. The molecule has 4 rings (SSSR count). The van der Waals surface area contributed by atoms with E-state index in [1.807, 2.05) is 12.1 Å². The number of hydrogen-bond acceptors (Lipinski definition) is 5. The number of piperidine rings is 1. The maximum atomic E-state index is 13.1. The summed E-state index contributed by atoms with van der Waals surface area (Å²) in [5, 5.41) is 11.2. The number of rotatable bonds is 5. The first-order valence-electron chi connectivity index (χ1n) is 9.02. The lowest BCUT2D eigenvalue weighted by Crippen LogP contribution is -2.47. The second-order valence-electron chi connectivity index (χ2n) is 7.01. The highest BCUT2D eigenvalue weighted by Crippen LogP contribution is 2.43. The highest BCUT2D eigenvalue weighted by atomic mass is 16.3. The molecule has 1 aromatic heterocycles. The second kappa shape index (κ2) is 6.70. The maximum absolute atomic E-state index is 13.1. The van der Waals surface area contributed by atoms with E-state index in [0.717, 1.165) is 25.9 Å². The van der Waals surface area contributed by atoms with Crippen molar-refractivity contribution in [2.45, 2.75) is 31.3 Å². The molecule has 2 aliphatic heterocycles. The number of Topliss-reactive ketones (excluding diaryl/α,β-unsaturated/α-hetero) is 1. The third-order valence-corrected chi connectivity index (χ3v) is 5.24. The lowest BCUT2D eigenvalue weighted by Gasteiger charge is -2.31. The maximum Gasteiger partial charge on any atom is 0.265 e. The van der Waals surface area contributed by atoms with E-state index in [1.165, 1.54) is 12.7 Å². The molecule has 136 valence electrons. The van der Waals surface area contributed by atoms with Crippen molar-refractivity contribution in [1.82, 2.24) is 4.90 Å². The summed E-state index contributed by atoms with van der Waals surface area (Å²) >= 11 is 0. The molecule has 3 heterocycles. The van der Waals surface area contributed by atoms with Crippen LogP contribution in [0.3, 0.4) is 0 Å². The summed E-state index contributed by atoms with van der Waals surface area (Å²) < 4.78 is 5.13. The Bertz CT molecular complexity index is 811. The number of carbonyl (C=O) groups excluding carboxylic acids is 2. The number of furan rings is 1. The van der Waals surface area contributed by atoms with E-state index in [2.05, 4.69) is 4.90 Å². The number of fused-ring (bicyclic) bond motifs is 1. The van der Waals surface area contributed by atoms with Crippen molar-refractivity contribution < 1.29 is 19.1 Å². The predicted octanol–water partition coefficient (Wildman–Crippen LogP) is 2.53. The van der Waals surface area contributed by atoms with Crippen molar-refractivity contribution >= 4 is 17.4 Å². The molecule has 0 spiro atoms. The summed E-state index contributed by atoms with van der Waals surface area (Å²) in [7, 11) is 0. The largest absolute Gasteiger partial charge is 0.461 e. The number of likely N-dealkylation sites (tertiary alicyclic amines) is 1. The zero-order chi connectivity index (χ0) is 18.1. The molecule has 6 nitrogen and oxygen atoms in total. The number of nitrogens with zero attached hydrogens (tertiary/aromatic N) is 2. The first kappa shape index (κ1) is 17.0. The van der Waals surface area contributed by atoms with Crippen LogP contribution in [0.5, 0.6) is 0 Å². The predicted molar refractivity (Wildman–Crippen MR) is 95.8 cm³/mol. The standard InChI is InChI=1S/C20H22N2O4/c23-17(18-9-6-12-26-18)13-20(25)15-7-2-3-8-16(15)22(19(20)24)14-21-10-4-1-5-11-21/h2-3,6-9,12,25H,1,4-5,10-11,13-14H2. The van der Waals surface area contributed by atoms with Crippen molar-refractivity contribution in [2.24, 2.45) is 0 Å². The molecule has 1 N–H and O–H groups in total. The molecule has 6 heteroatoms. The summed E-state index contributed by atoms with van der Waals surface area (Å²) in [6, 6.07) is 10.3. The van der Waals surface area contributed by atoms with Gasteiger partial charge in [-0.3, -0.25) is 19.4 Å². The van der Waals surface area contributed by atoms with Gasteiger partial charge in [0.1, 0.15) is 0 Å².